The molecule has 1 rings (SSSR count). The van der Waals surface area contributed by atoms with E-state index in [0.29, 0.717) is 0 Å². The molecule has 1 aromatic carbocycles. The molecule has 1 nitrogen and oxygen atoms in total. The van der Waals surface area contributed by atoms with Crippen LogP contribution in [0.3, 0.4) is 0 Å². The minimum absolute atomic E-state index is 0. The van der Waals surface area contributed by atoms with Crippen molar-refractivity contribution in [3.63, 3.8) is 0 Å². The fraction of sp³-hybridized carbons (Fsp3) is 0.400. The van der Waals surface area contributed by atoms with Crippen LogP contribution < -0.4 is 56.5 Å². The predicted octanol–water partition coefficient (Wildman–Crippen LogP) is -1.41. The van der Waals surface area contributed by atoms with Crippen LogP contribution in [0.2, 0.25) is 0 Å². The summed E-state index contributed by atoms with van der Waals surface area (Å²) in [6.07, 6.45) is 0. The minimum atomic E-state index is -0.967. The quantitative estimate of drug-likeness (QED) is 0.497. The molecule has 0 aliphatic rings. The van der Waals surface area contributed by atoms with Crippen molar-refractivity contribution < 1.29 is 56.5 Å². The Labute approximate surface area is 117 Å². The summed E-state index contributed by atoms with van der Waals surface area (Å²) in [5.74, 6) is 0. The zero-order chi connectivity index (χ0) is 8.48. The molecule has 60 valence electrons. The summed E-state index contributed by atoms with van der Waals surface area (Å²) in [5, 5.41) is 11.5. The molecule has 0 aliphatic heterocycles. The van der Waals surface area contributed by atoms with Gasteiger partial charge >= 0.3 is 51.4 Å². The molecule has 0 atom stereocenters. The molecular weight excluding hydrogens is 175 g/mol. The molecule has 0 saturated heterocycles. The molecule has 0 bridgehead atoms. The van der Waals surface area contributed by atoms with Crippen molar-refractivity contribution in [1.82, 2.24) is 0 Å². The molecule has 0 heterocycles. The van der Waals surface area contributed by atoms with Gasteiger partial charge in [0.05, 0.1) is 0 Å². The van der Waals surface area contributed by atoms with E-state index in [1.165, 1.54) is 0 Å². The summed E-state index contributed by atoms with van der Waals surface area (Å²) < 4.78 is 0. The van der Waals surface area contributed by atoms with Crippen LogP contribution in [0.4, 0.5) is 0 Å². The predicted molar refractivity (Wildman–Crippen MR) is 44.2 cm³/mol. The van der Waals surface area contributed by atoms with Crippen molar-refractivity contribution in [3.8, 4) is 0 Å². The smallest absolute Gasteiger partial charge is 0.846 e. The Hall–Kier alpha value is 0.816. The first kappa shape index (κ1) is 12.8. The SMILES string of the molecule is Cc1ccccc1C(C)(C)[O-].[K+]. The third-order valence-corrected chi connectivity index (χ3v) is 1.79. The molecule has 0 N–H and O–H groups in total. The van der Waals surface area contributed by atoms with E-state index in [1.807, 2.05) is 31.2 Å². The molecule has 0 amide bonds. The fourth-order valence-corrected chi connectivity index (χ4v) is 1.25. The Morgan fingerprint density at radius 1 is 1.17 bits per heavy atom. The van der Waals surface area contributed by atoms with Crippen LogP contribution in [0.25, 0.3) is 0 Å². The fourth-order valence-electron chi connectivity index (χ4n) is 1.25. The first-order valence-electron chi connectivity index (χ1n) is 3.78. The van der Waals surface area contributed by atoms with Gasteiger partial charge in [-0.1, -0.05) is 49.3 Å². The van der Waals surface area contributed by atoms with Crippen molar-refractivity contribution in [2.75, 3.05) is 0 Å². The van der Waals surface area contributed by atoms with Crippen LogP contribution in [0, 0.1) is 6.92 Å². The Morgan fingerprint density at radius 3 is 2.00 bits per heavy atom. The van der Waals surface area contributed by atoms with Crippen LogP contribution >= 0.6 is 0 Å². The van der Waals surface area contributed by atoms with Crippen molar-refractivity contribution >= 4 is 0 Å². The van der Waals surface area contributed by atoms with Crippen molar-refractivity contribution in [3.05, 3.63) is 35.4 Å². The zero-order valence-corrected chi connectivity index (χ0v) is 11.3. The van der Waals surface area contributed by atoms with Crippen molar-refractivity contribution in [2.45, 2.75) is 26.4 Å². The first-order chi connectivity index (χ1) is 5.02. The van der Waals surface area contributed by atoms with Gasteiger partial charge in [-0.25, -0.2) is 0 Å². The second kappa shape index (κ2) is 4.89. The van der Waals surface area contributed by atoms with Gasteiger partial charge in [-0.15, -0.1) is 0 Å². The van der Waals surface area contributed by atoms with Gasteiger partial charge in [0.25, 0.3) is 0 Å². The number of hydrogen-bond acceptors (Lipinski definition) is 1. The number of hydrogen-bond donors (Lipinski definition) is 0. The van der Waals surface area contributed by atoms with E-state index < -0.39 is 5.60 Å². The van der Waals surface area contributed by atoms with Crippen molar-refractivity contribution in [1.29, 1.82) is 0 Å². The Balaban J connectivity index is 0.00000121. The maximum atomic E-state index is 11.5. The third-order valence-electron chi connectivity index (χ3n) is 1.79. The molecule has 0 aliphatic carbocycles. The number of benzene rings is 1. The molecule has 0 aromatic heterocycles. The third kappa shape index (κ3) is 3.28. The van der Waals surface area contributed by atoms with Gasteiger partial charge < -0.3 is 5.11 Å². The zero-order valence-electron chi connectivity index (χ0n) is 8.22. The molecule has 0 fully saturated rings. The standard InChI is InChI=1S/C10H13O.K/c1-8-6-4-5-7-9(8)10(2,3)11;/h4-7H,1-3H3;/q-1;+1. The van der Waals surface area contributed by atoms with Gasteiger partial charge in [0.15, 0.2) is 0 Å². The molecule has 12 heavy (non-hydrogen) atoms. The summed E-state index contributed by atoms with van der Waals surface area (Å²) >= 11 is 0. The van der Waals surface area contributed by atoms with Crippen LogP contribution in [-0.2, 0) is 5.60 Å². The maximum absolute atomic E-state index is 11.5. The van der Waals surface area contributed by atoms with E-state index >= 15 is 0 Å². The van der Waals surface area contributed by atoms with E-state index in [0.717, 1.165) is 11.1 Å². The van der Waals surface area contributed by atoms with Gasteiger partial charge in [-0.05, 0) is 12.5 Å². The summed E-state index contributed by atoms with van der Waals surface area (Å²) in [4.78, 5) is 0. The monoisotopic (exact) mass is 188 g/mol. The topological polar surface area (TPSA) is 23.1 Å². The normalized spacial score (nSPS) is 10.7. The van der Waals surface area contributed by atoms with E-state index in [4.69, 9.17) is 0 Å². The molecule has 1 aromatic rings. The van der Waals surface area contributed by atoms with Crippen LogP contribution in [0.15, 0.2) is 24.3 Å². The van der Waals surface area contributed by atoms with Crippen LogP contribution in [0.1, 0.15) is 25.0 Å². The Morgan fingerprint density at radius 2 is 1.67 bits per heavy atom. The van der Waals surface area contributed by atoms with Gasteiger partial charge in [0.2, 0.25) is 0 Å². The summed E-state index contributed by atoms with van der Waals surface area (Å²) in [7, 11) is 0. The van der Waals surface area contributed by atoms with E-state index in [-0.39, 0.29) is 51.4 Å². The summed E-state index contributed by atoms with van der Waals surface area (Å²) in [6, 6.07) is 7.71. The van der Waals surface area contributed by atoms with Gasteiger partial charge in [-0.2, -0.15) is 0 Å². The second-order valence-electron chi connectivity index (χ2n) is 3.33. The molecule has 0 unspecified atom stereocenters. The van der Waals surface area contributed by atoms with E-state index in [2.05, 4.69) is 0 Å². The van der Waals surface area contributed by atoms with Crippen LogP contribution in [0.5, 0.6) is 0 Å². The van der Waals surface area contributed by atoms with E-state index in [1.54, 1.807) is 13.8 Å². The van der Waals surface area contributed by atoms with Gasteiger partial charge in [-0.3, -0.25) is 0 Å². The van der Waals surface area contributed by atoms with Crippen LogP contribution in [-0.4, -0.2) is 0 Å². The minimum Gasteiger partial charge on any atom is -0.846 e. The van der Waals surface area contributed by atoms with E-state index in [9.17, 15) is 5.11 Å². The molecule has 0 saturated carbocycles. The Kier molecular flexibility index (Phi) is 5.22. The number of aryl methyl sites for hydroxylation is 1. The first-order valence-corrected chi connectivity index (χ1v) is 3.78. The largest absolute Gasteiger partial charge is 1.00 e. The van der Waals surface area contributed by atoms with Crippen molar-refractivity contribution in [2.24, 2.45) is 0 Å². The average Bonchev–Trinajstić information content (AvgIpc) is 1.86. The molecule has 0 radical (unpaired) electrons. The molecule has 2 heteroatoms. The Bertz CT molecular complexity index is 250. The van der Waals surface area contributed by atoms with Gasteiger partial charge in [0.1, 0.15) is 0 Å². The maximum Gasteiger partial charge on any atom is 1.00 e. The van der Waals surface area contributed by atoms with Gasteiger partial charge in [0, 0.05) is 0 Å². The molecule has 0 spiro atoms. The number of rotatable bonds is 1. The molecular formula is C10H13KO. The summed E-state index contributed by atoms with van der Waals surface area (Å²) in [5.41, 5.74) is 0.998. The summed E-state index contributed by atoms with van der Waals surface area (Å²) in [6.45, 7) is 5.35. The second-order valence-corrected chi connectivity index (χ2v) is 3.33. The average molecular weight is 188 g/mol.